The second-order valence-corrected chi connectivity index (χ2v) is 5.83. The number of hydrogen-bond acceptors (Lipinski definition) is 2. The fourth-order valence-electron chi connectivity index (χ4n) is 1.69. The summed E-state index contributed by atoms with van der Waals surface area (Å²) < 4.78 is 33.9. The maximum atomic E-state index is 14.3. The quantitative estimate of drug-likeness (QED) is 0.882. The third-order valence-electron chi connectivity index (χ3n) is 2.80. The van der Waals surface area contributed by atoms with Crippen LogP contribution in [-0.4, -0.2) is 18.2 Å². The van der Waals surface area contributed by atoms with Gasteiger partial charge in [0.2, 0.25) is 0 Å². The summed E-state index contributed by atoms with van der Waals surface area (Å²) in [6, 6.07) is 4.25. The van der Waals surface area contributed by atoms with Gasteiger partial charge in [0.05, 0.1) is 18.1 Å². The first-order valence-electron chi connectivity index (χ1n) is 5.55. The maximum Gasteiger partial charge on any atom is 0.309 e. The number of alkyl halides is 2. The predicted octanol–water partition coefficient (Wildman–Crippen LogP) is 4.05. The molecule has 0 aliphatic carbocycles. The summed E-state index contributed by atoms with van der Waals surface area (Å²) in [5, 5.41) is 8.96. The normalized spacial score (nSPS) is 12.3. The van der Waals surface area contributed by atoms with Gasteiger partial charge in [0.15, 0.2) is 0 Å². The van der Waals surface area contributed by atoms with E-state index >= 15 is 0 Å². The molecule has 0 saturated heterocycles. The molecule has 1 N–H and O–H groups in total. The molecule has 6 heteroatoms. The van der Waals surface area contributed by atoms with Crippen molar-refractivity contribution in [2.45, 2.75) is 26.2 Å². The minimum atomic E-state index is -3.29. The van der Waals surface area contributed by atoms with Gasteiger partial charge in [-0.1, -0.05) is 15.9 Å². The molecule has 1 aromatic rings. The van der Waals surface area contributed by atoms with Crippen LogP contribution in [0.3, 0.4) is 0 Å². The van der Waals surface area contributed by atoms with Crippen LogP contribution in [0.15, 0.2) is 22.7 Å². The number of carboxylic acid groups (broad SMARTS) is 1. The Hall–Kier alpha value is -1.17. The zero-order valence-electron chi connectivity index (χ0n) is 10.8. The topological polar surface area (TPSA) is 46.5 Å². The van der Waals surface area contributed by atoms with Crippen molar-refractivity contribution >= 4 is 21.9 Å². The highest BCUT2D eigenvalue weighted by atomic mass is 79.9. The molecule has 0 spiro atoms. The molecule has 0 aromatic heterocycles. The molecular weight excluding hydrogens is 322 g/mol. The van der Waals surface area contributed by atoms with Gasteiger partial charge in [-0.05, 0) is 32.0 Å². The molecule has 0 bridgehead atoms. The van der Waals surface area contributed by atoms with E-state index in [9.17, 15) is 13.6 Å². The van der Waals surface area contributed by atoms with Gasteiger partial charge in [0.1, 0.15) is 5.75 Å². The van der Waals surface area contributed by atoms with Crippen LogP contribution in [0.2, 0.25) is 0 Å². The molecule has 0 atom stereocenters. The van der Waals surface area contributed by atoms with Crippen LogP contribution in [0.5, 0.6) is 5.75 Å². The van der Waals surface area contributed by atoms with Crippen molar-refractivity contribution in [2.24, 2.45) is 5.41 Å². The average Bonchev–Trinajstić information content (AvgIpc) is 2.27. The molecule has 0 unspecified atom stereocenters. The Morgan fingerprint density at radius 1 is 1.42 bits per heavy atom. The van der Waals surface area contributed by atoms with Crippen molar-refractivity contribution in [3.63, 3.8) is 0 Å². The Kier molecular flexibility index (Phi) is 4.55. The highest BCUT2D eigenvalue weighted by molar-refractivity contribution is 9.10. The zero-order valence-corrected chi connectivity index (χ0v) is 12.4. The lowest BCUT2D eigenvalue weighted by Gasteiger charge is -2.27. The van der Waals surface area contributed by atoms with E-state index in [4.69, 9.17) is 9.84 Å². The number of hydrogen-bond donors (Lipinski definition) is 1. The first-order chi connectivity index (χ1) is 8.60. The number of rotatable bonds is 5. The van der Waals surface area contributed by atoms with Crippen LogP contribution in [0.4, 0.5) is 8.78 Å². The first-order valence-corrected chi connectivity index (χ1v) is 6.35. The first kappa shape index (κ1) is 15.9. The number of methoxy groups -OCH3 is 1. The minimum Gasteiger partial charge on any atom is -0.496 e. The summed E-state index contributed by atoms with van der Waals surface area (Å²) in [5.41, 5.74) is -1.85. The Labute approximate surface area is 118 Å². The number of carbonyl (C=O) groups is 1. The molecule has 0 fully saturated rings. The lowest BCUT2D eigenvalue weighted by molar-refractivity contribution is -0.153. The lowest BCUT2D eigenvalue weighted by Crippen LogP contribution is -2.31. The standard InChI is InChI=1S/C13H15BrF2O3/c1-12(2,11(17)18)7-13(15,16)9-6-8(14)4-5-10(9)19-3/h4-6H,7H2,1-3H3,(H,17,18). The van der Waals surface area contributed by atoms with Crippen LogP contribution in [0.1, 0.15) is 25.8 Å². The van der Waals surface area contributed by atoms with Gasteiger partial charge in [-0.2, -0.15) is 0 Å². The fraction of sp³-hybridized carbons (Fsp3) is 0.462. The number of carboxylic acids is 1. The summed E-state index contributed by atoms with van der Waals surface area (Å²) >= 11 is 3.12. The maximum absolute atomic E-state index is 14.3. The van der Waals surface area contributed by atoms with Crippen LogP contribution in [0, 0.1) is 5.41 Å². The Bertz CT molecular complexity index is 487. The highest BCUT2D eigenvalue weighted by Crippen LogP contribution is 2.44. The molecule has 0 radical (unpaired) electrons. The molecule has 0 aliphatic heterocycles. The average molecular weight is 337 g/mol. The van der Waals surface area contributed by atoms with Crippen molar-refractivity contribution in [3.8, 4) is 5.75 Å². The van der Waals surface area contributed by atoms with E-state index in [1.165, 1.54) is 33.1 Å². The zero-order chi connectivity index (χ0) is 14.8. The Morgan fingerprint density at radius 2 is 2.00 bits per heavy atom. The summed E-state index contributed by atoms with van der Waals surface area (Å²) in [6.07, 6.45) is -0.803. The van der Waals surface area contributed by atoms with Gasteiger partial charge in [0, 0.05) is 10.9 Å². The van der Waals surface area contributed by atoms with Crippen molar-refractivity contribution in [3.05, 3.63) is 28.2 Å². The number of aliphatic carboxylic acids is 1. The molecule has 0 amide bonds. The van der Waals surface area contributed by atoms with E-state index < -0.39 is 23.7 Å². The molecular formula is C13H15BrF2O3. The van der Waals surface area contributed by atoms with Crippen LogP contribution in [0.25, 0.3) is 0 Å². The smallest absolute Gasteiger partial charge is 0.309 e. The summed E-state index contributed by atoms with van der Waals surface area (Å²) in [7, 11) is 1.30. The van der Waals surface area contributed by atoms with E-state index in [0.29, 0.717) is 4.47 Å². The van der Waals surface area contributed by atoms with Crippen molar-refractivity contribution in [2.75, 3.05) is 7.11 Å². The summed E-state index contributed by atoms with van der Waals surface area (Å²) in [4.78, 5) is 11.0. The van der Waals surface area contributed by atoms with Crippen molar-refractivity contribution < 1.29 is 23.4 Å². The summed E-state index contributed by atoms with van der Waals surface area (Å²) in [5.74, 6) is -4.52. The van der Waals surface area contributed by atoms with E-state index in [-0.39, 0.29) is 11.3 Å². The van der Waals surface area contributed by atoms with E-state index in [1.807, 2.05) is 0 Å². The van der Waals surface area contributed by atoms with Gasteiger partial charge in [-0.15, -0.1) is 0 Å². The minimum absolute atomic E-state index is 0.0365. The van der Waals surface area contributed by atoms with Crippen molar-refractivity contribution in [1.82, 2.24) is 0 Å². The van der Waals surface area contributed by atoms with Crippen molar-refractivity contribution in [1.29, 1.82) is 0 Å². The molecule has 3 nitrogen and oxygen atoms in total. The van der Waals surface area contributed by atoms with Crippen LogP contribution in [-0.2, 0) is 10.7 Å². The molecule has 106 valence electrons. The van der Waals surface area contributed by atoms with Crippen LogP contribution >= 0.6 is 15.9 Å². The monoisotopic (exact) mass is 336 g/mol. The van der Waals surface area contributed by atoms with Gasteiger partial charge in [-0.25, -0.2) is 8.78 Å². The number of ether oxygens (including phenoxy) is 1. The molecule has 0 saturated carbocycles. The van der Waals surface area contributed by atoms with E-state index in [1.54, 1.807) is 6.07 Å². The molecule has 19 heavy (non-hydrogen) atoms. The van der Waals surface area contributed by atoms with E-state index in [0.717, 1.165) is 0 Å². The Balaban J connectivity index is 3.19. The van der Waals surface area contributed by atoms with Gasteiger partial charge in [-0.3, -0.25) is 4.79 Å². The van der Waals surface area contributed by atoms with Crippen LogP contribution < -0.4 is 4.74 Å². The number of halogens is 3. The predicted molar refractivity (Wildman–Crippen MR) is 70.6 cm³/mol. The molecule has 0 aliphatic rings. The largest absolute Gasteiger partial charge is 0.496 e. The fourth-order valence-corrected chi connectivity index (χ4v) is 2.05. The third-order valence-corrected chi connectivity index (χ3v) is 3.29. The SMILES string of the molecule is COc1ccc(Br)cc1C(F)(F)CC(C)(C)C(=O)O. The third kappa shape index (κ3) is 3.65. The molecule has 0 heterocycles. The van der Waals surface area contributed by atoms with Gasteiger partial charge < -0.3 is 9.84 Å². The van der Waals surface area contributed by atoms with E-state index in [2.05, 4.69) is 15.9 Å². The lowest BCUT2D eigenvalue weighted by atomic mass is 9.84. The Morgan fingerprint density at radius 3 is 2.47 bits per heavy atom. The van der Waals surface area contributed by atoms with Gasteiger partial charge >= 0.3 is 5.97 Å². The second-order valence-electron chi connectivity index (χ2n) is 4.91. The number of benzene rings is 1. The molecule has 1 aromatic carbocycles. The summed E-state index contributed by atoms with van der Waals surface area (Å²) in [6.45, 7) is 2.54. The highest BCUT2D eigenvalue weighted by Gasteiger charge is 2.44. The molecule has 1 rings (SSSR count). The second kappa shape index (κ2) is 5.45. The van der Waals surface area contributed by atoms with Gasteiger partial charge in [0.25, 0.3) is 5.92 Å².